The van der Waals surface area contributed by atoms with Gasteiger partial charge in [0.2, 0.25) is 0 Å². The topological polar surface area (TPSA) is 57.1 Å². The highest BCUT2D eigenvalue weighted by Gasteiger charge is 2.10. The third kappa shape index (κ3) is 3.68. The Hall–Kier alpha value is -1.59. The second kappa shape index (κ2) is 6.54. The Morgan fingerprint density at radius 2 is 2.26 bits per heavy atom. The normalized spacial score (nSPS) is 11.4. The van der Waals surface area contributed by atoms with Crippen molar-refractivity contribution in [3.05, 3.63) is 29.7 Å². The van der Waals surface area contributed by atoms with Crippen molar-refractivity contribution >= 4 is 0 Å². The van der Waals surface area contributed by atoms with Crippen molar-refractivity contribution in [2.45, 2.75) is 20.4 Å². The molecule has 0 aromatic carbocycles. The van der Waals surface area contributed by atoms with Crippen LogP contribution in [0, 0.1) is 6.92 Å². The summed E-state index contributed by atoms with van der Waals surface area (Å²) >= 11 is 0. The fourth-order valence-corrected chi connectivity index (χ4v) is 1.88. The lowest BCUT2D eigenvalue weighted by atomic mass is 10.2. The summed E-state index contributed by atoms with van der Waals surface area (Å²) in [4.78, 5) is 2.28. The van der Waals surface area contributed by atoms with E-state index in [2.05, 4.69) is 34.4 Å². The molecule has 5 nitrogen and oxygen atoms in total. The number of rotatable bonds is 7. The molecule has 104 valence electrons. The Kier molecular flexibility index (Phi) is 4.76. The number of likely N-dealkylation sites (N-methyl/N-ethyl adjacent to an activating group) is 1. The molecule has 5 heteroatoms. The van der Waals surface area contributed by atoms with Crippen LogP contribution in [0.2, 0.25) is 0 Å². The monoisotopic (exact) mass is 262 g/mol. The maximum Gasteiger partial charge on any atom is 0.152 e. The van der Waals surface area contributed by atoms with Gasteiger partial charge in [-0.2, -0.15) is 5.10 Å². The molecule has 0 atom stereocenters. The molecule has 0 spiro atoms. The van der Waals surface area contributed by atoms with Gasteiger partial charge in [-0.05, 0) is 32.6 Å². The molecule has 0 aliphatic carbocycles. The van der Waals surface area contributed by atoms with Crippen LogP contribution in [0.15, 0.2) is 22.7 Å². The Labute approximate surface area is 114 Å². The molecule has 2 N–H and O–H groups in total. The van der Waals surface area contributed by atoms with E-state index < -0.39 is 0 Å². The lowest BCUT2D eigenvalue weighted by Crippen LogP contribution is -2.28. The van der Waals surface area contributed by atoms with E-state index in [1.807, 2.05) is 25.3 Å². The summed E-state index contributed by atoms with van der Waals surface area (Å²) in [5, 5.41) is 10.5. The summed E-state index contributed by atoms with van der Waals surface area (Å²) < 4.78 is 5.62. The molecule has 0 amide bonds. The molecule has 0 fully saturated rings. The van der Waals surface area contributed by atoms with Crippen molar-refractivity contribution in [2.24, 2.45) is 0 Å². The van der Waals surface area contributed by atoms with Gasteiger partial charge in [0.05, 0.1) is 6.20 Å². The molecule has 2 aromatic heterocycles. The van der Waals surface area contributed by atoms with E-state index in [9.17, 15) is 0 Å². The van der Waals surface area contributed by atoms with E-state index >= 15 is 0 Å². The van der Waals surface area contributed by atoms with Gasteiger partial charge < -0.3 is 14.6 Å². The lowest BCUT2D eigenvalue weighted by molar-refractivity contribution is 0.349. The van der Waals surface area contributed by atoms with Crippen LogP contribution in [0.1, 0.15) is 18.2 Å². The van der Waals surface area contributed by atoms with E-state index in [0.29, 0.717) is 0 Å². The zero-order valence-electron chi connectivity index (χ0n) is 11.9. The van der Waals surface area contributed by atoms with Gasteiger partial charge in [-0.3, -0.25) is 5.10 Å². The molecule has 0 aliphatic rings. The highest BCUT2D eigenvalue weighted by atomic mass is 16.3. The van der Waals surface area contributed by atoms with Crippen LogP contribution in [0.5, 0.6) is 0 Å². The van der Waals surface area contributed by atoms with Gasteiger partial charge in [0.15, 0.2) is 5.76 Å². The summed E-state index contributed by atoms with van der Waals surface area (Å²) in [5.74, 6) is 1.76. The van der Waals surface area contributed by atoms with Gasteiger partial charge in [-0.15, -0.1) is 0 Å². The zero-order chi connectivity index (χ0) is 13.7. The first-order chi connectivity index (χ1) is 9.20. The molecule has 19 heavy (non-hydrogen) atoms. The van der Waals surface area contributed by atoms with Gasteiger partial charge >= 0.3 is 0 Å². The number of furan rings is 1. The van der Waals surface area contributed by atoms with Crippen LogP contribution in [-0.4, -0.2) is 41.8 Å². The molecule has 0 aliphatic heterocycles. The van der Waals surface area contributed by atoms with E-state index in [4.69, 9.17) is 4.42 Å². The van der Waals surface area contributed by atoms with Crippen molar-refractivity contribution in [1.82, 2.24) is 20.4 Å². The predicted molar refractivity (Wildman–Crippen MR) is 75.9 cm³/mol. The first kappa shape index (κ1) is 13.8. The maximum atomic E-state index is 5.62. The van der Waals surface area contributed by atoms with Crippen LogP contribution in [0.4, 0.5) is 0 Å². The van der Waals surface area contributed by atoms with Gasteiger partial charge in [-0.1, -0.05) is 6.92 Å². The SMILES string of the molecule is CCN(C)CCNCc1cn[nH]c1-c1ccc(C)o1. The number of hydrogen-bond donors (Lipinski definition) is 2. The van der Waals surface area contributed by atoms with Gasteiger partial charge in [-0.25, -0.2) is 0 Å². The van der Waals surface area contributed by atoms with Gasteiger partial charge in [0.25, 0.3) is 0 Å². The third-order valence-corrected chi connectivity index (χ3v) is 3.23. The van der Waals surface area contributed by atoms with E-state index in [0.717, 1.165) is 49.0 Å². The molecule has 0 radical (unpaired) electrons. The second-order valence-electron chi connectivity index (χ2n) is 4.75. The predicted octanol–water partition coefficient (Wildman–Crippen LogP) is 2.02. The number of nitrogens with zero attached hydrogens (tertiary/aromatic N) is 2. The highest BCUT2D eigenvalue weighted by molar-refractivity contribution is 5.56. The quantitative estimate of drug-likeness (QED) is 0.750. The minimum absolute atomic E-state index is 0.795. The Morgan fingerprint density at radius 1 is 1.42 bits per heavy atom. The second-order valence-corrected chi connectivity index (χ2v) is 4.75. The molecule has 2 aromatic rings. The Balaban J connectivity index is 1.90. The molecule has 2 rings (SSSR count). The van der Waals surface area contributed by atoms with Crippen molar-refractivity contribution in [3.63, 3.8) is 0 Å². The van der Waals surface area contributed by atoms with Crippen LogP contribution in [0.3, 0.4) is 0 Å². The summed E-state index contributed by atoms with van der Waals surface area (Å²) in [6.07, 6.45) is 1.85. The van der Waals surface area contributed by atoms with Crippen molar-refractivity contribution in [1.29, 1.82) is 0 Å². The first-order valence-electron chi connectivity index (χ1n) is 6.69. The van der Waals surface area contributed by atoms with Crippen LogP contribution < -0.4 is 5.32 Å². The molecule has 0 unspecified atom stereocenters. The number of hydrogen-bond acceptors (Lipinski definition) is 4. The van der Waals surface area contributed by atoms with Gasteiger partial charge in [0, 0.05) is 25.2 Å². The minimum Gasteiger partial charge on any atom is -0.460 e. The van der Waals surface area contributed by atoms with Gasteiger partial charge in [0.1, 0.15) is 11.5 Å². The zero-order valence-corrected chi connectivity index (χ0v) is 11.9. The smallest absolute Gasteiger partial charge is 0.152 e. The molecule has 2 heterocycles. The Morgan fingerprint density at radius 3 is 2.95 bits per heavy atom. The van der Waals surface area contributed by atoms with Crippen LogP contribution in [-0.2, 0) is 6.54 Å². The summed E-state index contributed by atoms with van der Waals surface area (Å²) in [6, 6.07) is 3.93. The largest absolute Gasteiger partial charge is 0.460 e. The highest BCUT2D eigenvalue weighted by Crippen LogP contribution is 2.22. The standard InChI is InChI=1S/C14H22N4O/c1-4-18(3)8-7-15-9-12-10-16-17-14(12)13-6-5-11(2)19-13/h5-6,10,15H,4,7-9H2,1-3H3,(H,16,17). The number of H-pyrrole nitrogens is 1. The minimum atomic E-state index is 0.795. The molecule has 0 saturated heterocycles. The summed E-state index contributed by atoms with van der Waals surface area (Å²) in [7, 11) is 2.12. The lowest BCUT2D eigenvalue weighted by Gasteiger charge is -2.13. The fraction of sp³-hybridized carbons (Fsp3) is 0.500. The molecular weight excluding hydrogens is 240 g/mol. The van der Waals surface area contributed by atoms with Crippen molar-refractivity contribution < 1.29 is 4.42 Å². The summed E-state index contributed by atoms with van der Waals surface area (Å²) in [5.41, 5.74) is 2.10. The number of aromatic nitrogens is 2. The fourth-order valence-electron chi connectivity index (χ4n) is 1.88. The Bertz CT molecular complexity index is 503. The van der Waals surface area contributed by atoms with E-state index in [1.165, 1.54) is 0 Å². The molecular formula is C14H22N4O. The average molecular weight is 262 g/mol. The first-order valence-corrected chi connectivity index (χ1v) is 6.69. The number of aromatic amines is 1. The van der Waals surface area contributed by atoms with E-state index in [1.54, 1.807) is 0 Å². The van der Waals surface area contributed by atoms with Crippen molar-refractivity contribution in [3.8, 4) is 11.5 Å². The third-order valence-electron chi connectivity index (χ3n) is 3.23. The average Bonchev–Trinajstić information content (AvgIpc) is 3.02. The molecule has 0 bridgehead atoms. The van der Waals surface area contributed by atoms with Crippen LogP contribution in [0.25, 0.3) is 11.5 Å². The number of aryl methyl sites for hydroxylation is 1. The summed E-state index contributed by atoms with van der Waals surface area (Å²) in [6.45, 7) is 7.98. The van der Waals surface area contributed by atoms with Crippen molar-refractivity contribution in [2.75, 3.05) is 26.7 Å². The molecule has 0 saturated carbocycles. The van der Waals surface area contributed by atoms with Crippen LogP contribution >= 0.6 is 0 Å². The maximum absolute atomic E-state index is 5.62. The number of nitrogens with one attached hydrogen (secondary N) is 2. The van der Waals surface area contributed by atoms with E-state index in [-0.39, 0.29) is 0 Å².